The molecule has 4 rings (SSSR count). The van der Waals surface area contributed by atoms with Crippen molar-refractivity contribution in [2.24, 2.45) is 0 Å². The predicted octanol–water partition coefficient (Wildman–Crippen LogP) is 6.21. The van der Waals surface area contributed by atoms with Crippen molar-refractivity contribution < 1.29 is 19.0 Å². The molecule has 0 saturated heterocycles. The van der Waals surface area contributed by atoms with Gasteiger partial charge in [0.1, 0.15) is 5.75 Å². The van der Waals surface area contributed by atoms with Gasteiger partial charge in [0.2, 0.25) is 0 Å². The third kappa shape index (κ3) is 8.40. The lowest BCUT2D eigenvalue weighted by molar-refractivity contribution is -0.133. The molecule has 0 fully saturated rings. The number of halogens is 1. The molecule has 3 aromatic rings. The quantitative estimate of drug-likeness (QED) is 0.359. The molecule has 0 aromatic heterocycles. The number of amides is 1. The second-order valence-electron chi connectivity index (χ2n) is 9.41. The molecule has 202 valence electrons. The van der Waals surface area contributed by atoms with Crippen LogP contribution in [-0.2, 0) is 17.9 Å². The third-order valence-electron chi connectivity index (χ3n) is 6.54. The summed E-state index contributed by atoms with van der Waals surface area (Å²) in [6.07, 6.45) is 2.80. The normalized spacial score (nSPS) is 15.3. The summed E-state index contributed by atoms with van der Waals surface area (Å²) in [5.41, 5.74) is 2.32. The lowest BCUT2D eigenvalue weighted by atomic mass is 10.1. The Morgan fingerprint density at radius 2 is 1.71 bits per heavy atom. The molecule has 1 amide bonds. The Labute approximate surface area is 231 Å². The van der Waals surface area contributed by atoms with Crippen LogP contribution < -0.4 is 14.2 Å². The summed E-state index contributed by atoms with van der Waals surface area (Å²) in [4.78, 5) is 17.5. The van der Waals surface area contributed by atoms with Crippen molar-refractivity contribution in [2.45, 2.75) is 39.3 Å². The van der Waals surface area contributed by atoms with Crippen molar-refractivity contribution in [3.63, 3.8) is 0 Å². The van der Waals surface area contributed by atoms with Crippen LogP contribution >= 0.6 is 11.6 Å². The minimum Gasteiger partial charge on any atom is -0.490 e. The zero-order valence-electron chi connectivity index (χ0n) is 22.1. The van der Waals surface area contributed by atoms with Gasteiger partial charge in [-0.1, -0.05) is 54.1 Å². The number of rotatable bonds is 7. The maximum Gasteiger partial charge on any atom is 0.260 e. The van der Waals surface area contributed by atoms with E-state index in [1.807, 2.05) is 30.0 Å². The largest absolute Gasteiger partial charge is 0.490 e. The standard InChI is InChI=1S/C31H37ClN2O4/c1-2-36-29-13-9-12-26-23-33(22-25-10-5-3-6-11-25)19-20-34(18-7-4-8-21-37-31(26)29)30(35)24-38-28-16-14-27(32)15-17-28/h3,5-6,9-17H,2,4,7-8,18-24H2,1H3. The van der Waals surface area contributed by atoms with Gasteiger partial charge in [-0.3, -0.25) is 9.69 Å². The molecule has 0 radical (unpaired) electrons. The van der Waals surface area contributed by atoms with E-state index in [2.05, 4.69) is 35.2 Å². The highest BCUT2D eigenvalue weighted by Gasteiger charge is 2.20. The van der Waals surface area contributed by atoms with Gasteiger partial charge in [0, 0.05) is 43.3 Å². The molecule has 0 saturated carbocycles. The van der Waals surface area contributed by atoms with Gasteiger partial charge in [-0.2, -0.15) is 0 Å². The van der Waals surface area contributed by atoms with E-state index in [9.17, 15) is 4.79 Å². The molecule has 38 heavy (non-hydrogen) atoms. The number of hydrogen-bond acceptors (Lipinski definition) is 5. The highest BCUT2D eigenvalue weighted by molar-refractivity contribution is 6.30. The summed E-state index contributed by atoms with van der Waals surface area (Å²) in [6, 6.07) is 23.6. The minimum absolute atomic E-state index is 0.00395. The van der Waals surface area contributed by atoms with E-state index in [1.165, 1.54) is 5.56 Å². The number of fused-ring (bicyclic) bond motifs is 1. The summed E-state index contributed by atoms with van der Waals surface area (Å²) in [5.74, 6) is 2.24. The smallest absolute Gasteiger partial charge is 0.260 e. The van der Waals surface area contributed by atoms with E-state index in [4.69, 9.17) is 25.8 Å². The Hall–Kier alpha value is -3.22. The molecule has 6 nitrogen and oxygen atoms in total. The van der Waals surface area contributed by atoms with Crippen LogP contribution in [0.25, 0.3) is 0 Å². The zero-order chi connectivity index (χ0) is 26.6. The molecular formula is C31H37ClN2O4. The van der Waals surface area contributed by atoms with Crippen LogP contribution in [-0.4, -0.2) is 55.2 Å². The Bertz CT molecular complexity index is 1140. The van der Waals surface area contributed by atoms with Gasteiger partial charge in [-0.25, -0.2) is 0 Å². The zero-order valence-corrected chi connectivity index (χ0v) is 22.9. The average Bonchev–Trinajstić information content (AvgIpc) is 2.94. The number of benzene rings is 3. The van der Waals surface area contributed by atoms with Gasteiger partial charge in [-0.15, -0.1) is 0 Å². The van der Waals surface area contributed by atoms with E-state index >= 15 is 0 Å². The second-order valence-corrected chi connectivity index (χ2v) is 9.84. The first-order valence-electron chi connectivity index (χ1n) is 13.4. The number of carbonyl (C=O) groups is 1. The molecule has 1 aliphatic heterocycles. The summed E-state index contributed by atoms with van der Waals surface area (Å²) in [6.45, 7) is 6.69. The highest BCUT2D eigenvalue weighted by Crippen LogP contribution is 2.33. The summed E-state index contributed by atoms with van der Waals surface area (Å²) < 4.78 is 18.0. The van der Waals surface area contributed by atoms with Crippen molar-refractivity contribution in [3.8, 4) is 17.2 Å². The van der Waals surface area contributed by atoms with Gasteiger partial charge in [0.05, 0.1) is 13.2 Å². The molecule has 0 N–H and O–H groups in total. The van der Waals surface area contributed by atoms with Gasteiger partial charge >= 0.3 is 0 Å². The number of nitrogens with zero attached hydrogens (tertiary/aromatic N) is 2. The first-order valence-corrected chi connectivity index (χ1v) is 13.8. The molecule has 1 heterocycles. The van der Waals surface area contributed by atoms with E-state index < -0.39 is 0 Å². The predicted molar refractivity (Wildman–Crippen MR) is 151 cm³/mol. The molecule has 3 aromatic carbocycles. The fraction of sp³-hybridized carbons (Fsp3) is 0.387. The van der Waals surface area contributed by atoms with E-state index in [1.54, 1.807) is 24.3 Å². The number of para-hydroxylation sites is 1. The number of hydrogen-bond donors (Lipinski definition) is 0. The average molecular weight is 537 g/mol. The first-order chi connectivity index (χ1) is 18.6. The van der Waals surface area contributed by atoms with Crippen LogP contribution in [0.5, 0.6) is 17.2 Å². The fourth-order valence-corrected chi connectivity index (χ4v) is 4.69. The van der Waals surface area contributed by atoms with Crippen molar-refractivity contribution in [1.82, 2.24) is 9.80 Å². The minimum atomic E-state index is -0.00948. The van der Waals surface area contributed by atoms with Gasteiger partial charge < -0.3 is 19.1 Å². The van der Waals surface area contributed by atoms with Crippen LogP contribution in [0.1, 0.15) is 37.3 Å². The molecule has 0 unspecified atom stereocenters. The number of ether oxygens (including phenoxy) is 3. The Morgan fingerprint density at radius 3 is 2.50 bits per heavy atom. The van der Waals surface area contributed by atoms with Crippen LogP contribution in [0.3, 0.4) is 0 Å². The van der Waals surface area contributed by atoms with Crippen LogP contribution in [0.2, 0.25) is 5.02 Å². The van der Waals surface area contributed by atoms with E-state index in [0.29, 0.717) is 43.6 Å². The van der Waals surface area contributed by atoms with Gasteiger partial charge in [-0.05, 0) is 62.1 Å². The highest BCUT2D eigenvalue weighted by atomic mass is 35.5. The summed E-state index contributed by atoms with van der Waals surface area (Å²) in [5, 5.41) is 0.639. The van der Waals surface area contributed by atoms with Crippen molar-refractivity contribution in [3.05, 3.63) is 88.9 Å². The van der Waals surface area contributed by atoms with Crippen LogP contribution in [0.4, 0.5) is 0 Å². The molecule has 0 bridgehead atoms. The molecule has 0 atom stereocenters. The maximum absolute atomic E-state index is 13.2. The Morgan fingerprint density at radius 1 is 0.895 bits per heavy atom. The fourth-order valence-electron chi connectivity index (χ4n) is 4.56. The van der Waals surface area contributed by atoms with Crippen LogP contribution in [0.15, 0.2) is 72.8 Å². The van der Waals surface area contributed by atoms with Crippen molar-refractivity contribution in [2.75, 3.05) is 39.5 Å². The first kappa shape index (κ1) is 27.8. The number of carbonyl (C=O) groups excluding carboxylic acids is 1. The lowest BCUT2D eigenvalue weighted by Gasteiger charge is -2.28. The molecular weight excluding hydrogens is 500 g/mol. The molecule has 0 aliphatic carbocycles. The monoisotopic (exact) mass is 536 g/mol. The van der Waals surface area contributed by atoms with Crippen molar-refractivity contribution in [1.29, 1.82) is 0 Å². The molecule has 1 aliphatic rings. The Kier molecular flexibility index (Phi) is 10.7. The SMILES string of the molecule is CCOc1cccc2c1OCCCCCN(C(=O)COc1ccc(Cl)cc1)CCN(Cc1ccccc1)C2. The molecule has 0 spiro atoms. The lowest BCUT2D eigenvalue weighted by Crippen LogP contribution is -2.41. The Balaban J connectivity index is 1.51. The molecule has 7 heteroatoms. The maximum atomic E-state index is 13.2. The van der Waals surface area contributed by atoms with Crippen molar-refractivity contribution >= 4 is 17.5 Å². The summed E-state index contributed by atoms with van der Waals surface area (Å²) >= 11 is 5.97. The summed E-state index contributed by atoms with van der Waals surface area (Å²) in [7, 11) is 0. The second kappa shape index (κ2) is 14.6. The van der Waals surface area contributed by atoms with Gasteiger partial charge in [0.25, 0.3) is 5.91 Å². The third-order valence-corrected chi connectivity index (χ3v) is 6.79. The van der Waals surface area contributed by atoms with E-state index in [-0.39, 0.29) is 12.5 Å². The topological polar surface area (TPSA) is 51.2 Å². The van der Waals surface area contributed by atoms with Crippen LogP contribution in [0, 0.1) is 0 Å². The van der Waals surface area contributed by atoms with E-state index in [0.717, 1.165) is 49.4 Å². The van der Waals surface area contributed by atoms with Gasteiger partial charge in [0.15, 0.2) is 18.1 Å².